The van der Waals surface area contributed by atoms with Crippen LogP contribution in [0.2, 0.25) is 0 Å². The summed E-state index contributed by atoms with van der Waals surface area (Å²) in [6, 6.07) is 16.4. The Morgan fingerprint density at radius 1 is 1.21 bits per heavy atom. The average molecular weight is 408 g/mol. The van der Waals surface area contributed by atoms with Gasteiger partial charge in [-0.2, -0.15) is 5.10 Å². The Labute approximate surface area is 172 Å². The lowest BCUT2D eigenvalue weighted by molar-refractivity contribution is -0.114. The zero-order chi connectivity index (χ0) is 19.3. The van der Waals surface area contributed by atoms with Crippen LogP contribution >= 0.6 is 23.1 Å². The molecule has 0 bridgehead atoms. The highest BCUT2D eigenvalue weighted by atomic mass is 32.2. The first-order valence-corrected chi connectivity index (χ1v) is 11.1. The second kappa shape index (κ2) is 8.71. The van der Waals surface area contributed by atoms with Gasteiger partial charge in [-0.3, -0.25) is 14.9 Å². The molecule has 1 aliphatic heterocycles. The van der Waals surface area contributed by atoms with Crippen molar-refractivity contribution in [2.75, 3.05) is 0 Å². The molecule has 0 amide bonds. The molecule has 0 aliphatic carbocycles. The Bertz CT molecular complexity index is 1030. The van der Waals surface area contributed by atoms with Gasteiger partial charge in [0.2, 0.25) is 0 Å². The lowest BCUT2D eigenvalue weighted by Crippen LogP contribution is -2.10. The first-order valence-electron chi connectivity index (χ1n) is 9.26. The average Bonchev–Trinajstić information content (AvgIpc) is 3.36. The van der Waals surface area contributed by atoms with Gasteiger partial charge in [-0.25, -0.2) is 0 Å². The first-order chi connectivity index (χ1) is 13.7. The van der Waals surface area contributed by atoms with Gasteiger partial charge in [0.1, 0.15) is 5.70 Å². The zero-order valence-electron chi connectivity index (χ0n) is 15.6. The highest BCUT2D eigenvalue weighted by Gasteiger charge is 2.21. The molecule has 142 valence electrons. The smallest absolute Gasteiger partial charge is 0.186 e. The molecule has 3 aromatic rings. The van der Waals surface area contributed by atoms with E-state index in [1.165, 1.54) is 9.77 Å². The van der Waals surface area contributed by atoms with Gasteiger partial charge in [-0.05, 0) is 50.1 Å². The maximum Gasteiger partial charge on any atom is 0.186 e. The number of thioether (sulfide) groups is 1. The maximum atomic E-state index is 12.9. The molecule has 4 nitrogen and oxygen atoms in total. The summed E-state index contributed by atoms with van der Waals surface area (Å²) in [7, 11) is 0. The number of hydrogen-bond donors (Lipinski definition) is 1. The Morgan fingerprint density at radius 3 is 2.86 bits per heavy atom. The SMILES string of the molecule is Cc1ccc(CC(=O)C2=C(c3cc(CSc4ccccc4)[nH]n3)CCC=N2)s1. The molecule has 28 heavy (non-hydrogen) atoms. The monoisotopic (exact) mass is 407 g/mol. The van der Waals surface area contributed by atoms with Gasteiger partial charge < -0.3 is 0 Å². The van der Waals surface area contributed by atoms with Crippen molar-refractivity contribution in [1.82, 2.24) is 10.2 Å². The summed E-state index contributed by atoms with van der Waals surface area (Å²) in [5, 5.41) is 7.60. The van der Waals surface area contributed by atoms with Crippen LogP contribution in [-0.4, -0.2) is 22.2 Å². The van der Waals surface area contributed by atoms with Crippen LogP contribution in [0.25, 0.3) is 5.57 Å². The van der Waals surface area contributed by atoms with E-state index in [1.54, 1.807) is 23.1 Å². The minimum absolute atomic E-state index is 0.0658. The summed E-state index contributed by atoms with van der Waals surface area (Å²) in [4.78, 5) is 20.8. The summed E-state index contributed by atoms with van der Waals surface area (Å²) >= 11 is 3.43. The number of H-pyrrole nitrogens is 1. The number of nitrogens with zero attached hydrogens (tertiary/aromatic N) is 2. The Kier molecular flexibility index (Phi) is 5.88. The van der Waals surface area contributed by atoms with Crippen molar-refractivity contribution in [3.63, 3.8) is 0 Å². The predicted octanol–water partition coefficient (Wildman–Crippen LogP) is 5.46. The summed E-state index contributed by atoms with van der Waals surface area (Å²) in [5.74, 6) is 0.877. The molecule has 0 spiro atoms. The number of nitrogens with one attached hydrogen (secondary N) is 1. The fourth-order valence-electron chi connectivity index (χ4n) is 3.14. The molecular formula is C22H21N3OS2. The van der Waals surface area contributed by atoms with E-state index in [0.29, 0.717) is 12.1 Å². The van der Waals surface area contributed by atoms with Gasteiger partial charge in [0.25, 0.3) is 0 Å². The Hall–Kier alpha value is -2.44. The lowest BCUT2D eigenvalue weighted by atomic mass is 9.98. The van der Waals surface area contributed by atoms with Crippen molar-refractivity contribution in [3.05, 3.63) is 75.4 Å². The van der Waals surface area contributed by atoms with E-state index in [4.69, 9.17) is 0 Å². The highest BCUT2D eigenvalue weighted by Crippen LogP contribution is 2.30. The minimum atomic E-state index is 0.0658. The van der Waals surface area contributed by atoms with Crippen LogP contribution in [-0.2, 0) is 17.0 Å². The van der Waals surface area contributed by atoms with Crippen LogP contribution in [0.15, 0.2) is 64.1 Å². The summed E-state index contributed by atoms with van der Waals surface area (Å²) < 4.78 is 0. The van der Waals surface area contributed by atoms with Gasteiger partial charge in [0, 0.05) is 44.3 Å². The van der Waals surface area contributed by atoms with E-state index >= 15 is 0 Å². The zero-order valence-corrected chi connectivity index (χ0v) is 17.3. The molecule has 4 rings (SSSR count). The van der Waals surface area contributed by atoms with Crippen molar-refractivity contribution in [2.24, 2.45) is 4.99 Å². The van der Waals surface area contributed by atoms with Crippen molar-refractivity contribution < 1.29 is 4.79 Å². The number of thiophene rings is 1. The second-order valence-electron chi connectivity index (χ2n) is 6.67. The number of rotatable bonds is 7. The molecule has 1 aromatic carbocycles. The third-order valence-corrected chi connectivity index (χ3v) is 6.56. The molecule has 0 unspecified atom stereocenters. The largest absolute Gasteiger partial charge is 0.292 e. The molecule has 0 fully saturated rings. The molecule has 1 aliphatic rings. The van der Waals surface area contributed by atoms with E-state index in [9.17, 15) is 4.79 Å². The van der Waals surface area contributed by atoms with E-state index in [-0.39, 0.29) is 5.78 Å². The molecule has 2 aromatic heterocycles. The molecule has 1 N–H and O–H groups in total. The van der Waals surface area contributed by atoms with Crippen LogP contribution in [0.5, 0.6) is 0 Å². The molecule has 0 saturated carbocycles. The van der Waals surface area contributed by atoms with E-state index < -0.39 is 0 Å². The number of aromatic nitrogens is 2. The molecule has 6 heteroatoms. The van der Waals surface area contributed by atoms with Gasteiger partial charge in [-0.15, -0.1) is 23.1 Å². The van der Waals surface area contributed by atoms with Gasteiger partial charge >= 0.3 is 0 Å². The Balaban J connectivity index is 1.51. The fraction of sp³-hybridized carbons (Fsp3) is 0.227. The quantitative estimate of drug-likeness (QED) is 0.529. The molecule has 0 radical (unpaired) electrons. The number of ketones is 1. The van der Waals surface area contributed by atoms with E-state index in [2.05, 4.69) is 46.4 Å². The number of aryl methyl sites for hydroxylation is 1. The standard InChI is InChI=1S/C22H21N3OS2/c1-15-9-10-18(28-15)13-21(26)22-19(8-5-11-23-22)20-12-16(24-25-20)14-27-17-6-3-2-4-7-17/h2-4,6-7,9-12H,5,8,13-14H2,1H3,(H,24,25). The highest BCUT2D eigenvalue weighted by molar-refractivity contribution is 7.98. The van der Waals surface area contributed by atoms with Crippen LogP contribution in [0, 0.1) is 6.92 Å². The number of benzene rings is 1. The maximum absolute atomic E-state index is 12.9. The third kappa shape index (κ3) is 4.51. The summed E-state index contributed by atoms with van der Waals surface area (Å²) in [5.41, 5.74) is 3.40. The minimum Gasteiger partial charge on any atom is -0.292 e. The van der Waals surface area contributed by atoms with Gasteiger partial charge in [0.05, 0.1) is 5.69 Å². The van der Waals surface area contributed by atoms with Crippen LogP contribution in [0.4, 0.5) is 0 Å². The molecule has 0 saturated heterocycles. The van der Waals surface area contributed by atoms with Crippen molar-refractivity contribution >= 4 is 40.7 Å². The van der Waals surface area contributed by atoms with Gasteiger partial charge in [-0.1, -0.05) is 18.2 Å². The third-order valence-electron chi connectivity index (χ3n) is 4.50. The number of aliphatic imine (C=N–C) groups is 1. The molecular weight excluding hydrogens is 386 g/mol. The summed E-state index contributed by atoms with van der Waals surface area (Å²) in [6.45, 7) is 2.06. The summed E-state index contributed by atoms with van der Waals surface area (Å²) in [6.07, 6.45) is 3.88. The molecule has 0 atom stereocenters. The van der Waals surface area contributed by atoms with Crippen LogP contribution in [0.3, 0.4) is 0 Å². The van der Waals surface area contributed by atoms with Crippen molar-refractivity contribution in [3.8, 4) is 0 Å². The van der Waals surface area contributed by atoms with Crippen LogP contribution < -0.4 is 0 Å². The second-order valence-corrected chi connectivity index (χ2v) is 9.09. The fourth-order valence-corrected chi connectivity index (χ4v) is 4.85. The molecule has 3 heterocycles. The van der Waals surface area contributed by atoms with Crippen molar-refractivity contribution in [1.29, 1.82) is 0 Å². The number of allylic oxidation sites excluding steroid dienone is 2. The number of carbonyl (C=O) groups excluding carboxylic acids is 1. The topological polar surface area (TPSA) is 58.1 Å². The van der Waals surface area contributed by atoms with E-state index in [1.807, 2.05) is 30.5 Å². The van der Waals surface area contributed by atoms with E-state index in [0.717, 1.165) is 40.4 Å². The van der Waals surface area contributed by atoms with Gasteiger partial charge in [0.15, 0.2) is 5.78 Å². The lowest BCUT2D eigenvalue weighted by Gasteiger charge is -2.12. The number of hydrogen-bond acceptors (Lipinski definition) is 5. The number of aromatic amines is 1. The predicted molar refractivity (Wildman–Crippen MR) is 117 cm³/mol. The van der Waals surface area contributed by atoms with Crippen molar-refractivity contribution in [2.45, 2.75) is 36.8 Å². The first kappa shape index (κ1) is 18.9. The number of carbonyl (C=O) groups is 1. The number of Topliss-reactive ketones (excluding diaryl/α,β-unsaturated/α-hetero) is 1. The Morgan fingerprint density at radius 2 is 2.07 bits per heavy atom. The van der Waals surface area contributed by atoms with Crippen LogP contribution in [0.1, 0.15) is 34.0 Å². The normalized spacial score (nSPS) is 13.9.